The Kier molecular flexibility index (Phi) is 4.38. The molecule has 1 aromatic heterocycles. The van der Waals surface area contributed by atoms with E-state index in [0.29, 0.717) is 17.9 Å². The minimum Gasteiger partial charge on any atom is -0.324 e. The van der Waals surface area contributed by atoms with Gasteiger partial charge >= 0.3 is 0 Å². The molecule has 0 bridgehead atoms. The number of aromatic nitrogens is 1. The number of para-hydroxylation sites is 1. The van der Waals surface area contributed by atoms with Crippen LogP contribution in [0.2, 0.25) is 0 Å². The summed E-state index contributed by atoms with van der Waals surface area (Å²) in [6, 6.07) is 9.48. The van der Waals surface area contributed by atoms with Gasteiger partial charge in [-0.3, -0.25) is 0 Å². The van der Waals surface area contributed by atoms with Gasteiger partial charge in [0.2, 0.25) is 0 Å². The molecule has 2 rings (SSSR count). The lowest BCUT2D eigenvalue weighted by Gasteiger charge is -2.24. The van der Waals surface area contributed by atoms with Crippen LogP contribution in [0.5, 0.6) is 0 Å². The van der Waals surface area contributed by atoms with Crippen molar-refractivity contribution in [2.45, 2.75) is 19.7 Å². The van der Waals surface area contributed by atoms with Crippen LogP contribution in [0.1, 0.15) is 18.1 Å². The van der Waals surface area contributed by atoms with Crippen LogP contribution in [0.25, 0.3) is 0 Å². The zero-order valence-electron chi connectivity index (χ0n) is 11.0. The molecule has 0 atom stereocenters. The third-order valence-corrected chi connectivity index (χ3v) is 3.36. The van der Waals surface area contributed by atoms with Gasteiger partial charge in [-0.15, -0.1) is 11.6 Å². The molecule has 0 aliphatic rings. The van der Waals surface area contributed by atoms with Crippen molar-refractivity contribution in [2.75, 3.05) is 11.4 Å². The Morgan fingerprint density at radius 3 is 2.63 bits per heavy atom. The van der Waals surface area contributed by atoms with Gasteiger partial charge in [0.25, 0.3) is 0 Å². The lowest BCUT2D eigenvalue weighted by molar-refractivity contribution is 0.608. The predicted molar refractivity (Wildman–Crippen MR) is 77.6 cm³/mol. The highest BCUT2D eigenvalue weighted by Gasteiger charge is 2.17. The van der Waals surface area contributed by atoms with Crippen molar-refractivity contribution in [3.05, 3.63) is 53.5 Å². The van der Waals surface area contributed by atoms with Crippen LogP contribution < -0.4 is 4.90 Å². The number of pyridine rings is 1. The average Bonchev–Trinajstić information content (AvgIpc) is 2.43. The normalized spacial score (nSPS) is 10.5. The molecule has 0 unspecified atom stereocenters. The maximum atomic E-state index is 14.3. The number of rotatable bonds is 4. The molecular formula is C15H16ClFN2. The van der Waals surface area contributed by atoms with Crippen molar-refractivity contribution in [1.29, 1.82) is 0 Å². The predicted octanol–water partition coefficient (Wildman–Crippen LogP) is 4.43. The van der Waals surface area contributed by atoms with E-state index in [1.54, 1.807) is 12.3 Å². The minimum absolute atomic E-state index is 0.146. The van der Waals surface area contributed by atoms with Crippen LogP contribution in [0, 0.1) is 12.7 Å². The number of alkyl halides is 1. The second kappa shape index (κ2) is 6.02. The third kappa shape index (κ3) is 2.71. The molecule has 2 aromatic rings. The molecule has 2 nitrogen and oxygen atoms in total. The molecule has 19 heavy (non-hydrogen) atoms. The summed E-state index contributed by atoms with van der Waals surface area (Å²) in [7, 11) is 0. The summed E-state index contributed by atoms with van der Waals surface area (Å²) in [4.78, 5) is 6.03. The highest BCUT2D eigenvalue weighted by Crippen LogP contribution is 2.29. The second-order valence-corrected chi connectivity index (χ2v) is 4.54. The lowest BCUT2D eigenvalue weighted by Crippen LogP contribution is -2.20. The highest BCUT2D eigenvalue weighted by molar-refractivity contribution is 6.17. The number of anilines is 2. The maximum absolute atomic E-state index is 14.3. The largest absolute Gasteiger partial charge is 0.324 e. The monoisotopic (exact) mass is 278 g/mol. The molecule has 0 saturated heterocycles. The zero-order chi connectivity index (χ0) is 13.8. The fourth-order valence-electron chi connectivity index (χ4n) is 2.06. The molecule has 0 aliphatic carbocycles. The minimum atomic E-state index is -0.345. The molecule has 4 heteroatoms. The molecule has 0 N–H and O–H groups in total. The highest BCUT2D eigenvalue weighted by atomic mass is 35.5. The number of hydrogen-bond acceptors (Lipinski definition) is 2. The van der Waals surface area contributed by atoms with E-state index in [-0.39, 0.29) is 11.7 Å². The van der Waals surface area contributed by atoms with Gasteiger partial charge in [-0.05, 0) is 31.5 Å². The fraction of sp³-hybridized carbons (Fsp3) is 0.267. The average molecular weight is 279 g/mol. The quantitative estimate of drug-likeness (QED) is 0.769. The van der Waals surface area contributed by atoms with Crippen molar-refractivity contribution >= 4 is 23.1 Å². The van der Waals surface area contributed by atoms with Crippen LogP contribution in [0.15, 0.2) is 36.5 Å². The summed E-state index contributed by atoms with van der Waals surface area (Å²) in [5.74, 6) is 0.129. The van der Waals surface area contributed by atoms with Gasteiger partial charge in [-0.2, -0.15) is 0 Å². The number of nitrogens with zero attached hydrogens (tertiary/aromatic N) is 2. The Bertz CT molecular complexity index is 572. The van der Waals surface area contributed by atoms with Crippen molar-refractivity contribution in [1.82, 2.24) is 4.98 Å². The first-order chi connectivity index (χ1) is 9.19. The van der Waals surface area contributed by atoms with E-state index in [1.165, 1.54) is 0 Å². The molecular weight excluding hydrogens is 263 g/mol. The number of benzene rings is 1. The van der Waals surface area contributed by atoms with Gasteiger partial charge in [0.05, 0.1) is 5.88 Å². The van der Waals surface area contributed by atoms with E-state index in [9.17, 15) is 4.39 Å². The van der Waals surface area contributed by atoms with Crippen molar-refractivity contribution in [3.63, 3.8) is 0 Å². The summed E-state index contributed by atoms with van der Waals surface area (Å²) >= 11 is 5.74. The van der Waals surface area contributed by atoms with E-state index in [4.69, 9.17) is 11.6 Å². The summed E-state index contributed by atoms with van der Waals surface area (Å²) in [5.41, 5.74) is 2.52. The summed E-state index contributed by atoms with van der Waals surface area (Å²) in [5, 5.41) is 0. The third-order valence-electron chi connectivity index (χ3n) is 3.07. The van der Waals surface area contributed by atoms with Crippen LogP contribution in [-0.4, -0.2) is 11.5 Å². The first-order valence-corrected chi connectivity index (χ1v) is 6.75. The Labute approximate surface area is 117 Å². The summed E-state index contributed by atoms with van der Waals surface area (Å²) in [6.07, 6.45) is 1.59. The van der Waals surface area contributed by atoms with E-state index >= 15 is 0 Å². The Morgan fingerprint density at radius 2 is 2.00 bits per heavy atom. The maximum Gasteiger partial charge on any atom is 0.170 e. The summed E-state index contributed by atoms with van der Waals surface area (Å²) in [6.45, 7) is 4.61. The Morgan fingerprint density at radius 1 is 1.26 bits per heavy atom. The molecule has 100 valence electrons. The van der Waals surface area contributed by atoms with E-state index < -0.39 is 0 Å². The molecule has 0 spiro atoms. The van der Waals surface area contributed by atoms with E-state index in [0.717, 1.165) is 11.3 Å². The van der Waals surface area contributed by atoms with Crippen LogP contribution in [0.4, 0.5) is 15.9 Å². The fourth-order valence-corrected chi connectivity index (χ4v) is 2.27. The Hall–Kier alpha value is -1.61. The molecule has 1 aromatic carbocycles. The number of halogens is 2. The second-order valence-electron chi connectivity index (χ2n) is 4.27. The van der Waals surface area contributed by atoms with Crippen molar-refractivity contribution in [3.8, 4) is 0 Å². The standard InChI is InChI=1S/C15H16ClFN2/c1-3-19(13-7-5-4-6-11(13)2)15-14(17)12(10-16)8-9-18-15/h4-9H,3,10H2,1-2H3. The van der Waals surface area contributed by atoms with Gasteiger partial charge in [-0.25, -0.2) is 9.37 Å². The smallest absolute Gasteiger partial charge is 0.170 e. The number of aryl methyl sites for hydroxylation is 1. The van der Waals surface area contributed by atoms with Crippen LogP contribution in [-0.2, 0) is 5.88 Å². The van der Waals surface area contributed by atoms with Gasteiger partial charge in [0.1, 0.15) is 0 Å². The van der Waals surface area contributed by atoms with E-state index in [1.807, 2.05) is 43.0 Å². The first-order valence-electron chi connectivity index (χ1n) is 6.21. The first kappa shape index (κ1) is 13.8. The van der Waals surface area contributed by atoms with Gasteiger partial charge < -0.3 is 4.90 Å². The molecule has 0 saturated carbocycles. The molecule has 0 fully saturated rings. The van der Waals surface area contributed by atoms with Gasteiger partial charge in [0.15, 0.2) is 11.6 Å². The summed E-state index contributed by atoms with van der Waals surface area (Å²) < 4.78 is 14.3. The van der Waals surface area contributed by atoms with Gasteiger partial charge in [0, 0.05) is 24.0 Å². The molecule has 0 amide bonds. The molecule has 0 aliphatic heterocycles. The van der Waals surface area contributed by atoms with Crippen molar-refractivity contribution in [2.24, 2.45) is 0 Å². The van der Waals surface area contributed by atoms with Gasteiger partial charge in [-0.1, -0.05) is 18.2 Å². The lowest BCUT2D eigenvalue weighted by atomic mass is 10.1. The van der Waals surface area contributed by atoms with E-state index in [2.05, 4.69) is 4.98 Å². The van der Waals surface area contributed by atoms with Crippen LogP contribution >= 0.6 is 11.6 Å². The SMILES string of the molecule is CCN(c1ccccc1C)c1nccc(CCl)c1F. The number of hydrogen-bond donors (Lipinski definition) is 0. The topological polar surface area (TPSA) is 16.1 Å². The zero-order valence-corrected chi connectivity index (χ0v) is 11.8. The Balaban J connectivity index is 2.52. The van der Waals surface area contributed by atoms with Crippen molar-refractivity contribution < 1.29 is 4.39 Å². The van der Waals surface area contributed by atoms with Crippen LogP contribution in [0.3, 0.4) is 0 Å². The molecule has 1 heterocycles. The molecule has 0 radical (unpaired) electrons.